The van der Waals surface area contributed by atoms with Crippen molar-refractivity contribution < 1.29 is 4.79 Å². The fourth-order valence-electron chi connectivity index (χ4n) is 2.07. The van der Waals surface area contributed by atoms with Gasteiger partial charge in [0.1, 0.15) is 0 Å². The standard InChI is InChI=1S/C15H23N3O/c1-2-9-16-11-12-5-3-8-14(10-12)18-15(19)17-13-6-4-7-13/h3,5,8,10,13,16H,2,4,6-7,9,11H2,1H3,(H2,17,18,19). The summed E-state index contributed by atoms with van der Waals surface area (Å²) in [5.74, 6) is 0. The van der Waals surface area contributed by atoms with Crippen molar-refractivity contribution in [1.82, 2.24) is 10.6 Å². The second-order valence-electron chi connectivity index (χ2n) is 5.10. The number of benzene rings is 1. The van der Waals surface area contributed by atoms with Crippen LogP contribution in [0.2, 0.25) is 0 Å². The first-order chi connectivity index (χ1) is 9.28. The Morgan fingerprint density at radius 3 is 2.89 bits per heavy atom. The van der Waals surface area contributed by atoms with Crippen molar-refractivity contribution in [3.8, 4) is 0 Å². The lowest BCUT2D eigenvalue weighted by molar-refractivity contribution is 0.240. The highest BCUT2D eigenvalue weighted by atomic mass is 16.2. The SMILES string of the molecule is CCCNCc1cccc(NC(=O)NC2CCC2)c1. The maximum atomic E-state index is 11.7. The maximum absolute atomic E-state index is 11.7. The second-order valence-corrected chi connectivity index (χ2v) is 5.10. The smallest absolute Gasteiger partial charge is 0.319 e. The summed E-state index contributed by atoms with van der Waals surface area (Å²) < 4.78 is 0. The number of hydrogen-bond donors (Lipinski definition) is 3. The average Bonchev–Trinajstić information content (AvgIpc) is 2.35. The van der Waals surface area contributed by atoms with Crippen LogP contribution in [0, 0.1) is 0 Å². The van der Waals surface area contributed by atoms with E-state index in [1.54, 1.807) is 0 Å². The van der Waals surface area contributed by atoms with Crippen LogP contribution < -0.4 is 16.0 Å². The number of amides is 2. The van der Waals surface area contributed by atoms with E-state index < -0.39 is 0 Å². The molecule has 1 aliphatic rings. The highest BCUT2D eigenvalue weighted by Gasteiger charge is 2.19. The van der Waals surface area contributed by atoms with Crippen LogP contribution in [0.15, 0.2) is 24.3 Å². The topological polar surface area (TPSA) is 53.2 Å². The zero-order chi connectivity index (χ0) is 13.5. The molecular weight excluding hydrogens is 238 g/mol. The van der Waals surface area contributed by atoms with Crippen molar-refractivity contribution in [3.05, 3.63) is 29.8 Å². The molecule has 4 heteroatoms. The van der Waals surface area contributed by atoms with Gasteiger partial charge in [-0.05, 0) is 49.9 Å². The van der Waals surface area contributed by atoms with E-state index in [0.717, 1.165) is 38.0 Å². The molecule has 0 aromatic heterocycles. The number of carbonyl (C=O) groups is 1. The lowest BCUT2D eigenvalue weighted by Crippen LogP contribution is -2.41. The van der Waals surface area contributed by atoms with Gasteiger partial charge in [0.25, 0.3) is 0 Å². The van der Waals surface area contributed by atoms with Crippen LogP contribution in [0.5, 0.6) is 0 Å². The fraction of sp³-hybridized carbons (Fsp3) is 0.533. The van der Waals surface area contributed by atoms with Crippen molar-refractivity contribution in [2.75, 3.05) is 11.9 Å². The molecule has 0 saturated heterocycles. The summed E-state index contributed by atoms with van der Waals surface area (Å²) in [6.45, 7) is 4.00. The average molecular weight is 261 g/mol. The zero-order valence-corrected chi connectivity index (χ0v) is 11.5. The Morgan fingerprint density at radius 1 is 1.37 bits per heavy atom. The molecule has 0 radical (unpaired) electrons. The van der Waals surface area contributed by atoms with Crippen LogP contribution in [0.25, 0.3) is 0 Å². The lowest BCUT2D eigenvalue weighted by atomic mass is 9.93. The van der Waals surface area contributed by atoms with Gasteiger partial charge in [-0.1, -0.05) is 19.1 Å². The van der Waals surface area contributed by atoms with Gasteiger partial charge >= 0.3 is 6.03 Å². The van der Waals surface area contributed by atoms with E-state index in [1.165, 1.54) is 12.0 Å². The third kappa shape index (κ3) is 4.56. The molecule has 1 aliphatic carbocycles. The predicted octanol–water partition coefficient (Wildman–Crippen LogP) is 2.86. The quantitative estimate of drug-likeness (QED) is 0.690. The largest absolute Gasteiger partial charge is 0.335 e. The van der Waals surface area contributed by atoms with Crippen LogP contribution in [-0.2, 0) is 6.54 Å². The van der Waals surface area contributed by atoms with Gasteiger partial charge in [-0.2, -0.15) is 0 Å². The van der Waals surface area contributed by atoms with E-state index in [0.29, 0.717) is 6.04 Å². The minimum Gasteiger partial charge on any atom is -0.335 e. The number of urea groups is 1. The van der Waals surface area contributed by atoms with Gasteiger partial charge in [0.05, 0.1) is 0 Å². The molecule has 1 aromatic rings. The first-order valence-electron chi connectivity index (χ1n) is 7.15. The molecule has 2 amide bonds. The first-order valence-corrected chi connectivity index (χ1v) is 7.15. The summed E-state index contributed by atoms with van der Waals surface area (Å²) in [4.78, 5) is 11.7. The number of hydrogen-bond acceptors (Lipinski definition) is 2. The van der Waals surface area contributed by atoms with Crippen LogP contribution in [0.1, 0.15) is 38.2 Å². The number of rotatable bonds is 6. The minimum absolute atomic E-state index is 0.0941. The van der Waals surface area contributed by atoms with E-state index in [-0.39, 0.29) is 6.03 Å². The Balaban J connectivity index is 1.81. The minimum atomic E-state index is -0.0941. The highest BCUT2D eigenvalue weighted by Crippen LogP contribution is 2.18. The van der Waals surface area contributed by atoms with Gasteiger partial charge in [-0.3, -0.25) is 0 Å². The van der Waals surface area contributed by atoms with Crippen LogP contribution in [0.4, 0.5) is 10.5 Å². The van der Waals surface area contributed by atoms with Crippen LogP contribution in [0.3, 0.4) is 0 Å². The van der Waals surface area contributed by atoms with E-state index in [9.17, 15) is 4.79 Å². The van der Waals surface area contributed by atoms with E-state index in [2.05, 4.69) is 28.9 Å². The van der Waals surface area contributed by atoms with Gasteiger partial charge < -0.3 is 16.0 Å². The summed E-state index contributed by atoms with van der Waals surface area (Å²) in [5.41, 5.74) is 2.04. The molecule has 0 atom stereocenters. The maximum Gasteiger partial charge on any atom is 0.319 e. The molecule has 3 N–H and O–H groups in total. The summed E-state index contributed by atoms with van der Waals surface area (Å²) >= 11 is 0. The third-order valence-corrected chi connectivity index (χ3v) is 3.38. The van der Waals surface area contributed by atoms with E-state index >= 15 is 0 Å². The van der Waals surface area contributed by atoms with Crippen molar-refractivity contribution >= 4 is 11.7 Å². The third-order valence-electron chi connectivity index (χ3n) is 3.38. The fourth-order valence-corrected chi connectivity index (χ4v) is 2.07. The monoisotopic (exact) mass is 261 g/mol. The molecule has 1 saturated carbocycles. The molecule has 0 heterocycles. The Kier molecular flexibility index (Phi) is 5.21. The van der Waals surface area contributed by atoms with Gasteiger partial charge in [0, 0.05) is 18.3 Å². The molecule has 0 aliphatic heterocycles. The molecule has 19 heavy (non-hydrogen) atoms. The summed E-state index contributed by atoms with van der Waals surface area (Å²) in [5, 5.41) is 9.22. The van der Waals surface area contributed by atoms with Crippen molar-refractivity contribution in [1.29, 1.82) is 0 Å². The molecule has 1 fully saturated rings. The Bertz CT molecular complexity index is 416. The number of anilines is 1. The predicted molar refractivity (Wildman–Crippen MR) is 78.2 cm³/mol. The zero-order valence-electron chi connectivity index (χ0n) is 11.5. The van der Waals surface area contributed by atoms with Gasteiger partial charge in [-0.25, -0.2) is 4.79 Å². The van der Waals surface area contributed by atoms with Crippen molar-refractivity contribution in [2.45, 2.75) is 45.2 Å². The van der Waals surface area contributed by atoms with Gasteiger partial charge in [0.15, 0.2) is 0 Å². The van der Waals surface area contributed by atoms with Crippen LogP contribution >= 0.6 is 0 Å². The Hall–Kier alpha value is -1.55. The van der Waals surface area contributed by atoms with Gasteiger partial charge in [-0.15, -0.1) is 0 Å². The van der Waals surface area contributed by atoms with Crippen molar-refractivity contribution in [3.63, 3.8) is 0 Å². The number of nitrogens with one attached hydrogen (secondary N) is 3. The van der Waals surface area contributed by atoms with Gasteiger partial charge in [0.2, 0.25) is 0 Å². The Labute approximate surface area is 115 Å². The summed E-state index contributed by atoms with van der Waals surface area (Å²) in [7, 11) is 0. The molecule has 0 bridgehead atoms. The first kappa shape index (κ1) is 13.9. The molecule has 0 spiro atoms. The summed E-state index contributed by atoms with van der Waals surface area (Å²) in [6, 6.07) is 8.25. The molecule has 0 unspecified atom stereocenters. The van der Waals surface area contributed by atoms with Crippen molar-refractivity contribution in [2.24, 2.45) is 0 Å². The molecule has 104 valence electrons. The second kappa shape index (κ2) is 7.14. The van der Waals surface area contributed by atoms with Crippen LogP contribution in [-0.4, -0.2) is 18.6 Å². The molecule has 4 nitrogen and oxygen atoms in total. The Morgan fingerprint density at radius 2 is 2.21 bits per heavy atom. The molecular formula is C15H23N3O. The summed E-state index contributed by atoms with van der Waals surface area (Å²) in [6.07, 6.45) is 4.56. The molecule has 1 aromatic carbocycles. The van der Waals surface area contributed by atoms with E-state index in [1.807, 2.05) is 18.2 Å². The highest BCUT2D eigenvalue weighted by molar-refractivity contribution is 5.89. The normalized spacial score (nSPS) is 14.8. The van der Waals surface area contributed by atoms with E-state index in [4.69, 9.17) is 0 Å². The molecule has 2 rings (SSSR count). The number of carbonyl (C=O) groups excluding carboxylic acids is 1. The lowest BCUT2D eigenvalue weighted by Gasteiger charge is -2.26.